The van der Waals surface area contributed by atoms with Gasteiger partial charge < -0.3 is 0 Å². The van der Waals surface area contributed by atoms with Gasteiger partial charge in [-0.25, -0.2) is 10.1 Å². The molecule has 0 heterocycles. The summed E-state index contributed by atoms with van der Waals surface area (Å²) in [5, 5.41) is 63.5. The highest BCUT2D eigenvalue weighted by atomic mass is 16.7. The number of nitrogens with zero attached hydrogens (tertiary/aromatic N) is 7. The van der Waals surface area contributed by atoms with Gasteiger partial charge in [-0.05, 0) is 0 Å². The van der Waals surface area contributed by atoms with Crippen LogP contribution in [-0.2, 0) is 0 Å². The first-order valence-electron chi connectivity index (χ1n) is 6.41. The van der Waals surface area contributed by atoms with Crippen LogP contribution in [0, 0.1) is 60.7 Å². The Bertz CT molecular complexity index is 598. The molecule has 0 spiro atoms. The van der Waals surface area contributed by atoms with Crippen molar-refractivity contribution in [2.75, 3.05) is 13.1 Å². The third kappa shape index (κ3) is 3.81. The number of rotatable bonds is 12. The summed E-state index contributed by atoms with van der Waals surface area (Å²) in [7, 11) is 0. The average molecular weight is 385 g/mol. The minimum atomic E-state index is -4.05. The largest absolute Gasteiger partial charge is 0.701 e. The Hall–Kier alpha value is -3.80. The highest BCUT2D eigenvalue weighted by Gasteiger charge is 2.70. The number of nitro groups is 6. The Balaban J connectivity index is 5.81. The Morgan fingerprint density at radius 2 is 1.12 bits per heavy atom. The van der Waals surface area contributed by atoms with E-state index < -0.39 is 67.0 Å². The lowest BCUT2D eigenvalue weighted by Gasteiger charge is -2.20. The fourth-order valence-electron chi connectivity index (χ4n) is 1.82. The van der Waals surface area contributed by atoms with Crippen molar-refractivity contribution >= 4 is 0 Å². The van der Waals surface area contributed by atoms with Crippen LogP contribution in [0.1, 0.15) is 19.8 Å². The molecule has 0 saturated carbocycles. The molecule has 0 aromatic carbocycles. The molecule has 0 aliphatic rings. The van der Waals surface area contributed by atoms with Crippen LogP contribution in [-0.4, -0.2) is 59.2 Å². The first-order valence-corrected chi connectivity index (χ1v) is 6.41. The molecule has 0 aromatic heterocycles. The van der Waals surface area contributed by atoms with Crippen LogP contribution in [0.2, 0.25) is 0 Å². The van der Waals surface area contributed by atoms with Gasteiger partial charge in [-0.1, -0.05) is 6.92 Å². The second-order valence-corrected chi connectivity index (χ2v) is 4.77. The van der Waals surface area contributed by atoms with Crippen molar-refractivity contribution in [1.82, 2.24) is 5.01 Å². The third-order valence-corrected chi connectivity index (χ3v) is 3.50. The van der Waals surface area contributed by atoms with Crippen LogP contribution in [0.3, 0.4) is 0 Å². The second kappa shape index (κ2) is 7.85. The lowest BCUT2D eigenvalue weighted by Crippen LogP contribution is -2.58. The van der Waals surface area contributed by atoms with Crippen LogP contribution in [0.4, 0.5) is 0 Å². The molecule has 0 unspecified atom stereocenters. The van der Waals surface area contributed by atoms with Crippen LogP contribution < -0.4 is 0 Å². The molecule has 26 heavy (non-hydrogen) atoms. The van der Waals surface area contributed by atoms with Gasteiger partial charge >= 0.3 is 11.4 Å². The highest BCUT2D eigenvalue weighted by Crippen LogP contribution is 2.21. The van der Waals surface area contributed by atoms with Gasteiger partial charge in [-0.2, -0.15) is 0 Å². The van der Waals surface area contributed by atoms with E-state index in [0.29, 0.717) is 0 Å². The molecule has 0 aliphatic carbocycles. The quantitative estimate of drug-likeness (QED) is 0.222. The molecule has 19 nitrogen and oxygen atoms in total. The van der Waals surface area contributed by atoms with Crippen LogP contribution in [0.25, 0.3) is 0 Å². The summed E-state index contributed by atoms with van der Waals surface area (Å²) >= 11 is 0. The molecule has 146 valence electrons. The van der Waals surface area contributed by atoms with Crippen LogP contribution >= 0.6 is 0 Å². The van der Waals surface area contributed by atoms with E-state index in [2.05, 4.69) is 0 Å². The van der Waals surface area contributed by atoms with E-state index in [1.165, 1.54) is 0 Å². The van der Waals surface area contributed by atoms with E-state index >= 15 is 0 Å². The van der Waals surface area contributed by atoms with E-state index in [1.54, 1.807) is 0 Å². The van der Waals surface area contributed by atoms with Gasteiger partial charge in [0.2, 0.25) is 6.54 Å². The van der Waals surface area contributed by atoms with Gasteiger partial charge in [0.15, 0.2) is 26.2 Å². The van der Waals surface area contributed by atoms with E-state index in [9.17, 15) is 60.7 Å². The SMILES string of the molecule is CCC(CN(CCC([N+](=O)[O-])([N+](=O)[O-])[N+](=O)[O-])[N+](=O)[O-])([N+](=O)[O-])[N+](=O)[O-]. The third-order valence-electron chi connectivity index (χ3n) is 3.50. The van der Waals surface area contributed by atoms with Crippen molar-refractivity contribution in [2.45, 2.75) is 31.2 Å². The molecule has 19 heteroatoms. The van der Waals surface area contributed by atoms with Crippen molar-refractivity contribution in [3.8, 4) is 0 Å². The van der Waals surface area contributed by atoms with Gasteiger partial charge in [0.1, 0.15) is 16.4 Å². The van der Waals surface area contributed by atoms with Crippen molar-refractivity contribution in [3.63, 3.8) is 0 Å². The molecular formula is C7H11N7O12. The maximum atomic E-state index is 11.0. The summed E-state index contributed by atoms with van der Waals surface area (Å²) < 4.78 is 0. The van der Waals surface area contributed by atoms with Gasteiger partial charge in [-0.3, -0.25) is 50.6 Å². The summed E-state index contributed by atoms with van der Waals surface area (Å²) in [4.78, 5) is 56.6. The van der Waals surface area contributed by atoms with E-state index in [4.69, 9.17) is 0 Å². The van der Waals surface area contributed by atoms with E-state index in [0.717, 1.165) is 6.92 Å². The molecule has 0 aromatic rings. The predicted molar refractivity (Wildman–Crippen MR) is 73.9 cm³/mol. The van der Waals surface area contributed by atoms with Crippen molar-refractivity contribution in [3.05, 3.63) is 60.7 Å². The number of hydrogen-bond donors (Lipinski definition) is 0. The first kappa shape index (κ1) is 22.2. The molecule has 0 N–H and O–H groups in total. The molecule has 0 saturated heterocycles. The minimum absolute atomic E-state index is 0.277. The molecular weight excluding hydrogens is 374 g/mol. The lowest BCUT2D eigenvalue weighted by atomic mass is 10.1. The number of hydrazine groups is 1. The zero-order valence-corrected chi connectivity index (χ0v) is 12.9. The van der Waals surface area contributed by atoms with Gasteiger partial charge in [-0.15, -0.1) is 5.01 Å². The Labute approximate surface area is 141 Å². The van der Waals surface area contributed by atoms with E-state index in [1.807, 2.05) is 0 Å². The first-order chi connectivity index (χ1) is 11.8. The van der Waals surface area contributed by atoms with Crippen molar-refractivity contribution < 1.29 is 29.6 Å². The van der Waals surface area contributed by atoms with Crippen molar-refractivity contribution in [2.24, 2.45) is 0 Å². The second-order valence-electron chi connectivity index (χ2n) is 4.77. The summed E-state index contributed by atoms with van der Waals surface area (Å²) in [6.07, 6.45) is -2.50. The Morgan fingerprint density at radius 3 is 1.35 bits per heavy atom. The monoisotopic (exact) mass is 385 g/mol. The predicted octanol–water partition coefficient (Wildman–Crippen LogP) is -0.986. The molecule has 0 rings (SSSR count). The maximum absolute atomic E-state index is 11.0. The normalized spacial score (nSPS) is 11.4. The summed E-state index contributed by atoms with van der Waals surface area (Å²) in [6.45, 7) is -1.96. The van der Waals surface area contributed by atoms with Gasteiger partial charge in [0.05, 0.1) is 6.42 Å². The lowest BCUT2D eigenvalue weighted by molar-refractivity contribution is -0.970. The summed E-state index contributed by atoms with van der Waals surface area (Å²) in [5.41, 5.74) is -3.09. The average Bonchev–Trinajstić information content (AvgIpc) is 2.48. The molecule has 0 aliphatic heterocycles. The van der Waals surface area contributed by atoms with Gasteiger partial charge in [0.25, 0.3) is 0 Å². The fourth-order valence-corrected chi connectivity index (χ4v) is 1.82. The van der Waals surface area contributed by atoms with Crippen LogP contribution in [0.15, 0.2) is 0 Å². The molecule has 0 fully saturated rings. The zero-order valence-electron chi connectivity index (χ0n) is 12.9. The maximum Gasteiger partial charge on any atom is 0.701 e. The zero-order chi connectivity index (χ0) is 20.9. The fraction of sp³-hybridized carbons (Fsp3) is 1.00. The molecule has 0 radical (unpaired) electrons. The molecule has 0 atom stereocenters. The van der Waals surface area contributed by atoms with Gasteiger partial charge in [0, 0.05) is 0 Å². The van der Waals surface area contributed by atoms with Crippen LogP contribution in [0.5, 0.6) is 0 Å². The molecule has 0 bridgehead atoms. The summed E-state index contributed by atoms with van der Waals surface area (Å²) in [6, 6.07) is 0. The van der Waals surface area contributed by atoms with Crippen molar-refractivity contribution in [1.29, 1.82) is 0 Å². The number of hydrogen-bond acceptors (Lipinski definition) is 12. The minimum Gasteiger partial charge on any atom is -0.258 e. The Kier molecular flexibility index (Phi) is 6.70. The smallest absolute Gasteiger partial charge is 0.258 e. The Morgan fingerprint density at radius 1 is 0.731 bits per heavy atom. The molecule has 0 amide bonds. The summed E-state index contributed by atoms with van der Waals surface area (Å²) in [5.74, 6) is -4.05. The standard InChI is InChI=1S/C7H11N7O12/c1-2-6(9(15)16,10(17)18)5-8(14(25)26)4-3-7(11(19)20,12(21)22)13(23)24/h2-5H2,1H3. The highest BCUT2D eigenvalue weighted by molar-refractivity contribution is 4.69. The topological polar surface area (TPSA) is 262 Å². The van der Waals surface area contributed by atoms with E-state index in [-0.39, 0.29) is 5.01 Å².